The molecule has 1 heterocycles. The van der Waals surface area contributed by atoms with Crippen LogP contribution in [-0.4, -0.2) is 30.4 Å². The molecule has 23 heavy (non-hydrogen) atoms. The molecule has 0 saturated carbocycles. The van der Waals surface area contributed by atoms with Crippen LogP contribution in [0.4, 0.5) is 0 Å². The number of nitrogens with zero attached hydrogens (tertiary/aromatic N) is 1. The zero-order valence-corrected chi connectivity index (χ0v) is 14.8. The second-order valence-corrected chi connectivity index (χ2v) is 5.99. The first kappa shape index (κ1) is 19.8. The van der Waals surface area contributed by atoms with Crippen LogP contribution in [0.25, 0.3) is 0 Å². The Morgan fingerprint density at radius 1 is 1.39 bits per heavy atom. The number of carbonyl (C=O) groups is 1. The number of carbonyl (C=O) groups excluding carboxylic acids is 1. The van der Waals surface area contributed by atoms with Crippen LogP contribution in [0, 0.1) is 5.92 Å². The van der Waals surface area contributed by atoms with Crippen molar-refractivity contribution in [3.05, 3.63) is 60.2 Å². The van der Waals surface area contributed by atoms with Crippen LogP contribution in [-0.2, 0) is 4.79 Å². The van der Waals surface area contributed by atoms with E-state index in [0.717, 1.165) is 18.7 Å². The second kappa shape index (κ2) is 9.76. The predicted octanol–water partition coefficient (Wildman–Crippen LogP) is 4.00. The maximum atomic E-state index is 12.9. The van der Waals surface area contributed by atoms with Crippen molar-refractivity contribution in [3.63, 3.8) is 0 Å². The van der Waals surface area contributed by atoms with Gasteiger partial charge in [0.15, 0.2) is 0 Å². The van der Waals surface area contributed by atoms with Crippen LogP contribution in [0.2, 0.25) is 5.02 Å². The van der Waals surface area contributed by atoms with Gasteiger partial charge in [-0.15, -0.1) is 25.6 Å². The van der Waals surface area contributed by atoms with Gasteiger partial charge in [0.05, 0.1) is 6.04 Å². The second-order valence-electron chi connectivity index (χ2n) is 5.55. The van der Waals surface area contributed by atoms with Crippen molar-refractivity contribution < 1.29 is 4.79 Å². The Labute approximate surface area is 149 Å². The molecule has 1 N–H and O–H groups in total. The Bertz CT molecular complexity index is 538. The summed E-state index contributed by atoms with van der Waals surface area (Å²) >= 11 is 6.10. The van der Waals surface area contributed by atoms with E-state index in [1.807, 2.05) is 41.3 Å². The van der Waals surface area contributed by atoms with E-state index in [1.165, 1.54) is 0 Å². The summed E-state index contributed by atoms with van der Waals surface area (Å²) in [5, 5.41) is 4.06. The summed E-state index contributed by atoms with van der Waals surface area (Å²) in [5.41, 5.74) is 1.07. The monoisotopic (exact) mass is 354 g/mol. The molecule has 0 aliphatic carbocycles. The van der Waals surface area contributed by atoms with E-state index >= 15 is 0 Å². The Kier molecular flexibility index (Phi) is 8.38. The number of hydrogen-bond donors (Lipinski definition) is 1. The van der Waals surface area contributed by atoms with Gasteiger partial charge >= 0.3 is 0 Å². The van der Waals surface area contributed by atoms with Crippen LogP contribution >= 0.6 is 24.0 Å². The Morgan fingerprint density at radius 3 is 2.70 bits per heavy atom. The average Bonchev–Trinajstić information content (AvgIpc) is 2.54. The molecule has 1 aliphatic heterocycles. The minimum Gasteiger partial charge on any atom is -0.333 e. The molecule has 1 aromatic carbocycles. The largest absolute Gasteiger partial charge is 0.333 e. The third-order valence-electron chi connectivity index (χ3n) is 4.01. The first-order valence-electron chi connectivity index (χ1n) is 7.65. The maximum Gasteiger partial charge on any atom is 0.226 e. The average molecular weight is 355 g/mol. The van der Waals surface area contributed by atoms with Crippen molar-refractivity contribution in [1.29, 1.82) is 0 Å². The third kappa shape index (κ3) is 5.10. The van der Waals surface area contributed by atoms with Crippen LogP contribution < -0.4 is 5.32 Å². The molecule has 126 valence electrons. The number of allylic oxidation sites excluding steroid dienone is 2. The van der Waals surface area contributed by atoms with Crippen LogP contribution in [0.15, 0.2) is 49.6 Å². The number of hydrogen-bond acceptors (Lipinski definition) is 2. The summed E-state index contributed by atoms with van der Waals surface area (Å²) in [7, 11) is 0. The van der Waals surface area contributed by atoms with Crippen molar-refractivity contribution in [2.75, 3.05) is 19.6 Å². The lowest BCUT2D eigenvalue weighted by molar-refractivity contribution is -0.138. The Balaban J connectivity index is 0.00000264. The molecule has 5 heteroatoms. The van der Waals surface area contributed by atoms with E-state index in [1.54, 1.807) is 0 Å². The van der Waals surface area contributed by atoms with Crippen molar-refractivity contribution in [2.45, 2.75) is 18.9 Å². The van der Waals surface area contributed by atoms with Gasteiger partial charge in [-0.1, -0.05) is 35.9 Å². The summed E-state index contributed by atoms with van der Waals surface area (Å²) < 4.78 is 0. The van der Waals surface area contributed by atoms with Crippen LogP contribution in [0.3, 0.4) is 0 Å². The number of piperazine rings is 1. The van der Waals surface area contributed by atoms with Gasteiger partial charge in [-0.2, -0.15) is 0 Å². The van der Waals surface area contributed by atoms with Crippen molar-refractivity contribution in [2.24, 2.45) is 5.92 Å². The van der Waals surface area contributed by atoms with E-state index in [9.17, 15) is 4.79 Å². The topological polar surface area (TPSA) is 32.3 Å². The molecular weight excluding hydrogens is 331 g/mol. The quantitative estimate of drug-likeness (QED) is 0.783. The van der Waals surface area contributed by atoms with Gasteiger partial charge in [-0.3, -0.25) is 4.79 Å². The molecule has 0 bridgehead atoms. The fourth-order valence-corrected chi connectivity index (χ4v) is 3.11. The molecule has 2 rings (SSSR count). The summed E-state index contributed by atoms with van der Waals surface area (Å²) in [5.74, 6) is 0.0982. The number of rotatable bonds is 6. The zero-order chi connectivity index (χ0) is 15.9. The summed E-state index contributed by atoms with van der Waals surface area (Å²) in [6.07, 6.45) is 4.97. The van der Waals surface area contributed by atoms with E-state index in [2.05, 4.69) is 18.5 Å². The van der Waals surface area contributed by atoms with Crippen molar-refractivity contribution >= 4 is 29.9 Å². The normalized spacial score (nSPS) is 17.5. The van der Waals surface area contributed by atoms with Crippen LogP contribution in [0.1, 0.15) is 24.4 Å². The summed E-state index contributed by atoms with van der Waals surface area (Å²) in [4.78, 5) is 14.9. The highest BCUT2D eigenvalue weighted by Crippen LogP contribution is 2.27. The van der Waals surface area contributed by atoms with Crippen LogP contribution in [0.5, 0.6) is 0 Å². The highest BCUT2D eigenvalue weighted by molar-refractivity contribution is 6.30. The molecule has 0 aromatic heterocycles. The maximum absolute atomic E-state index is 12.9. The lowest BCUT2D eigenvalue weighted by Gasteiger charge is -2.38. The number of halogens is 2. The SMILES string of the molecule is C=CCC(CC=C)C(=O)N1CCNCC1c1cccc(Cl)c1.Cl. The number of amides is 1. The van der Waals surface area contributed by atoms with E-state index < -0.39 is 0 Å². The van der Waals surface area contributed by atoms with Crippen molar-refractivity contribution in [1.82, 2.24) is 10.2 Å². The first-order valence-corrected chi connectivity index (χ1v) is 8.03. The third-order valence-corrected chi connectivity index (χ3v) is 4.25. The van der Waals surface area contributed by atoms with Crippen molar-refractivity contribution in [3.8, 4) is 0 Å². The van der Waals surface area contributed by atoms with E-state index in [0.29, 0.717) is 24.4 Å². The lowest BCUT2D eigenvalue weighted by Crippen LogP contribution is -2.50. The highest BCUT2D eigenvalue weighted by Gasteiger charge is 2.31. The van der Waals surface area contributed by atoms with Gasteiger partial charge < -0.3 is 10.2 Å². The van der Waals surface area contributed by atoms with Gasteiger partial charge in [0.1, 0.15) is 0 Å². The van der Waals surface area contributed by atoms with E-state index in [4.69, 9.17) is 11.6 Å². The molecule has 0 spiro atoms. The molecule has 0 radical (unpaired) electrons. The minimum absolute atomic E-state index is 0. The Hall–Kier alpha value is -1.29. The van der Waals surface area contributed by atoms with Gasteiger partial charge in [0.25, 0.3) is 0 Å². The standard InChI is InChI=1S/C18H23ClN2O.ClH/c1-3-6-14(7-4-2)18(22)21-11-10-20-13-17(21)15-8-5-9-16(19)12-15;/h3-5,8-9,12,14,17,20H,1-2,6-7,10-11,13H2;1H. The highest BCUT2D eigenvalue weighted by atomic mass is 35.5. The van der Waals surface area contributed by atoms with Gasteiger partial charge in [-0.25, -0.2) is 0 Å². The molecule has 1 fully saturated rings. The van der Waals surface area contributed by atoms with Gasteiger partial charge in [0.2, 0.25) is 5.91 Å². The molecule has 1 amide bonds. The first-order chi connectivity index (χ1) is 10.7. The van der Waals surface area contributed by atoms with Gasteiger partial charge in [-0.05, 0) is 30.5 Å². The number of benzene rings is 1. The predicted molar refractivity (Wildman–Crippen MR) is 99.1 cm³/mol. The molecule has 1 atom stereocenters. The fraction of sp³-hybridized carbons (Fsp3) is 0.389. The van der Waals surface area contributed by atoms with E-state index in [-0.39, 0.29) is 30.3 Å². The molecule has 1 saturated heterocycles. The molecule has 3 nitrogen and oxygen atoms in total. The zero-order valence-electron chi connectivity index (χ0n) is 13.2. The molecule has 1 aliphatic rings. The number of nitrogens with one attached hydrogen (secondary N) is 1. The lowest BCUT2D eigenvalue weighted by atomic mass is 9.96. The summed E-state index contributed by atoms with van der Waals surface area (Å²) in [6, 6.07) is 7.78. The smallest absolute Gasteiger partial charge is 0.226 e. The molecular formula is C18H24Cl2N2O. The minimum atomic E-state index is -0.0743. The molecule has 1 aromatic rings. The fourth-order valence-electron chi connectivity index (χ4n) is 2.91. The summed E-state index contributed by atoms with van der Waals surface area (Å²) in [6.45, 7) is 9.81. The Morgan fingerprint density at radius 2 is 2.09 bits per heavy atom. The molecule has 1 unspecified atom stereocenters. The van der Waals surface area contributed by atoms with Gasteiger partial charge in [0, 0.05) is 30.6 Å².